The van der Waals surface area contributed by atoms with Gasteiger partial charge in [-0.15, -0.1) is 0 Å². The molecule has 0 spiro atoms. The molecule has 3 heterocycles. The molecular formula is C16H17N3O2. The lowest BCUT2D eigenvalue weighted by Crippen LogP contribution is -2.32. The Kier molecular flexibility index (Phi) is 3.81. The van der Waals surface area contributed by atoms with Crippen molar-refractivity contribution in [2.45, 2.75) is 19.3 Å². The number of amides is 2. The highest BCUT2D eigenvalue weighted by atomic mass is 16.2. The van der Waals surface area contributed by atoms with E-state index in [1.807, 2.05) is 17.0 Å². The van der Waals surface area contributed by atoms with Gasteiger partial charge >= 0.3 is 0 Å². The number of anilines is 1. The largest absolute Gasteiger partial charge is 0.335 e. The van der Waals surface area contributed by atoms with Crippen molar-refractivity contribution >= 4 is 23.7 Å². The summed E-state index contributed by atoms with van der Waals surface area (Å²) in [5, 5.41) is 2.75. The van der Waals surface area contributed by atoms with Crippen LogP contribution >= 0.6 is 0 Å². The predicted octanol–water partition coefficient (Wildman–Crippen LogP) is 1.77. The Balaban J connectivity index is 1.70. The molecule has 0 saturated carbocycles. The van der Waals surface area contributed by atoms with Crippen LogP contribution in [0, 0.1) is 0 Å². The van der Waals surface area contributed by atoms with E-state index in [0.29, 0.717) is 25.2 Å². The number of hydrogen-bond acceptors (Lipinski definition) is 3. The van der Waals surface area contributed by atoms with Gasteiger partial charge in [0.05, 0.1) is 0 Å². The number of aromatic nitrogens is 1. The molecule has 2 aliphatic rings. The molecule has 0 bridgehead atoms. The Morgan fingerprint density at radius 2 is 2.24 bits per heavy atom. The van der Waals surface area contributed by atoms with Crippen molar-refractivity contribution in [1.29, 1.82) is 0 Å². The summed E-state index contributed by atoms with van der Waals surface area (Å²) in [6.07, 6.45) is 11.2. The normalized spacial score (nSPS) is 17.7. The number of hydrogen-bond donors (Lipinski definition) is 1. The Bertz CT molecular complexity index is 634. The van der Waals surface area contributed by atoms with E-state index in [-0.39, 0.29) is 11.8 Å². The molecule has 2 amide bonds. The van der Waals surface area contributed by atoms with Gasteiger partial charge in [-0.05, 0) is 36.1 Å². The first-order valence-corrected chi connectivity index (χ1v) is 7.13. The lowest BCUT2D eigenvalue weighted by molar-refractivity contribution is -0.125. The summed E-state index contributed by atoms with van der Waals surface area (Å²) in [7, 11) is 0. The molecule has 5 nitrogen and oxygen atoms in total. The summed E-state index contributed by atoms with van der Waals surface area (Å²) in [6, 6.07) is 1.97. The number of carbonyl (C=O) groups excluding carboxylic acids is 2. The van der Waals surface area contributed by atoms with Crippen molar-refractivity contribution in [2.75, 3.05) is 18.4 Å². The number of aryl methyl sites for hydroxylation is 1. The number of fused-ring (bicyclic) bond motifs is 1. The average molecular weight is 283 g/mol. The fourth-order valence-corrected chi connectivity index (χ4v) is 2.48. The molecule has 21 heavy (non-hydrogen) atoms. The standard InChI is InChI=1S/C16H17N3O2/c20-14-6-5-13-10-12(11-17-16(13)18-14)4-7-15(21)19-8-2-1-3-9-19/h1-2,4,7,10-11H,3,5-6,8-9H2,(H,17,18,20). The van der Waals surface area contributed by atoms with Crippen LogP contribution in [-0.4, -0.2) is 34.8 Å². The number of carbonyl (C=O) groups is 2. The van der Waals surface area contributed by atoms with Crippen molar-refractivity contribution in [3.05, 3.63) is 41.6 Å². The van der Waals surface area contributed by atoms with Crippen molar-refractivity contribution in [3.8, 4) is 0 Å². The molecule has 0 unspecified atom stereocenters. The van der Waals surface area contributed by atoms with Crippen LogP contribution in [0.4, 0.5) is 5.82 Å². The second kappa shape index (κ2) is 5.91. The zero-order valence-electron chi connectivity index (χ0n) is 11.7. The molecular weight excluding hydrogens is 266 g/mol. The fraction of sp³-hybridized carbons (Fsp3) is 0.312. The van der Waals surface area contributed by atoms with Crippen molar-refractivity contribution < 1.29 is 9.59 Å². The second-order valence-corrected chi connectivity index (χ2v) is 5.20. The Morgan fingerprint density at radius 1 is 1.33 bits per heavy atom. The van der Waals surface area contributed by atoms with Gasteiger partial charge in [-0.25, -0.2) is 4.98 Å². The Morgan fingerprint density at radius 3 is 3.05 bits per heavy atom. The predicted molar refractivity (Wildman–Crippen MR) is 80.6 cm³/mol. The van der Waals surface area contributed by atoms with E-state index in [1.54, 1.807) is 18.3 Å². The van der Waals surface area contributed by atoms with Crippen molar-refractivity contribution in [1.82, 2.24) is 9.88 Å². The summed E-state index contributed by atoms with van der Waals surface area (Å²) in [4.78, 5) is 29.4. The summed E-state index contributed by atoms with van der Waals surface area (Å²) < 4.78 is 0. The van der Waals surface area contributed by atoms with Gasteiger partial charge in [0.2, 0.25) is 11.8 Å². The van der Waals surface area contributed by atoms with Gasteiger partial charge in [0.15, 0.2) is 0 Å². The maximum atomic E-state index is 12.0. The summed E-state index contributed by atoms with van der Waals surface area (Å²) in [6.45, 7) is 1.45. The van der Waals surface area contributed by atoms with Gasteiger partial charge < -0.3 is 10.2 Å². The number of nitrogens with one attached hydrogen (secondary N) is 1. The summed E-state index contributed by atoms with van der Waals surface area (Å²) in [5.74, 6) is 0.660. The molecule has 0 radical (unpaired) electrons. The molecule has 1 N–H and O–H groups in total. The van der Waals surface area contributed by atoms with Crippen molar-refractivity contribution in [2.24, 2.45) is 0 Å². The molecule has 0 aliphatic carbocycles. The molecule has 0 atom stereocenters. The number of pyridine rings is 1. The zero-order chi connectivity index (χ0) is 14.7. The van der Waals surface area contributed by atoms with E-state index in [2.05, 4.69) is 16.4 Å². The zero-order valence-corrected chi connectivity index (χ0v) is 11.7. The van der Waals surface area contributed by atoms with Crippen LogP contribution in [0.25, 0.3) is 6.08 Å². The van der Waals surface area contributed by atoms with Gasteiger partial charge in [-0.3, -0.25) is 9.59 Å². The minimum Gasteiger partial charge on any atom is -0.335 e. The van der Waals surface area contributed by atoms with Crippen LogP contribution in [0.3, 0.4) is 0 Å². The first-order chi connectivity index (χ1) is 10.2. The second-order valence-electron chi connectivity index (χ2n) is 5.20. The SMILES string of the molecule is O=C1CCc2cc(C=CC(=O)N3CC=CCC3)cnc2N1. The van der Waals surface area contributed by atoms with Gasteiger partial charge in [-0.2, -0.15) is 0 Å². The highest BCUT2D eigenvalue weighted by Crippen LogP contribution is 2.21. The van der Waals surface area contributed by atoms with Crippen molar-refractivity contribution in [3.63, 3.8) is 0 Å². The third-order valence-corrected chi connectivity index (χ3v) is 3.66. The van der Waals surface area contributed by atoms with Crippen LogP contribution < -0.4 is 5.32 Å². The van der Waals surface area contributed by atoms with E-state index < -0.39 is 0 Å². The molecule has 108 valence electrons. The first-order valence-electron chi connectivity index (χ1n) is 7.13. The molecule has 1 aromatic rings. The van der Waals surface area contributed by atoms with E-state index in [9.17, 15) is 9.59 Å². The first kappa shape index (κ1) is 13.5. The molecule has 1 aromatic heterocycles. The molecule has 0 fully saturated rings. The van der Waals surface area contributed by atoms with Crippen LogP contribution in [0.1, 0.15) is 24.0 Å². The van der Waals surface area contributed by atoms with Crippen LogP contribution in [0.2, 0.25) is 0 Å². The van der Waals surface area contributed by atoms with E-state index in [1.165, 1.54) is 0 Å². The highest BCUT2D eigenvalue weighted by Gasteiger charge is 2.16. The average Bonchev–Trinajstić information content (AvgIpc) is 2.53. The van der Waals surface area contributed by atoms with E-state index in [0.717, 1.165) is 24.1 Å². The molecule has 0 saturated heterocycles. The summed E-state index contributed by atoms with van der Waals surface area (Å²) >= 11 is 0. The lowest BCUT2D eigenvalue weighted by Gasteiger charge is -2.21. The number of rotatable bonds is 2. The maximum Gasteiger partial charge on any atom is 0.246 e. The minimum absolute atomic E-state index is 0.00613. The van der Waals surface area contributed by atoms with Crippen LogP contribution in [-0.2, 0) is 16.0 Å². The highest BCUT2D eigenvalue weighted by molar-refractivity contribution is 5.93. The molecule has 0 aromatic carbocycles. The monoisotopic (exact) mass is 283 g/mol. The van der Waals surface area contributed by atoms with Crippen LogP contribution in [0.15, 0.2) is 30.5 Å². The quantitative estimate of drug-likeness (QED) is 0.664. The fourth-order valence-electron chi connectivity index (χ4n) is 2.48. The van der Waals surface area contributed by atoms with E-state index >= 15 is 0 Å². The lowest BCUT2D eigenvalue weighted by atomic mass is 10.0. The minimum atomic E-state index is 0.00613. The molecule has 2 aliphatic heterocycles. The van der Waals surface area contributed by atoms with Gasteiger partial charge in [-0.1, -0.05) is 12.2 Å². The smallest absolute Gasteiger partial charge is 0.246 e. The number of nitrogens with zero attached hydrogens (tertiary/aromatic N) is 2. The molecule has 3 rings (SSSR count). The Labute approximate surface area is 123 Å². The summed E-state index contributed by atoms with van der Waals surface area (Å²) in [5.41, 5.74) is 1.90. The third kappa shape index (κ3) is 3.18. The van der Waals surface area contributed by atoms with Gasteiger partial charge in [0.1, 0.15) is 5.82 Å². The molecule has 5 heteroatoms. The van der Waals surface area contributed by atoms with Gasteiger partial charge in [0, 0.05) is 31.8 Å². The third-order valence-electron chi connectivity index (χ3n) is 3.66. The van der Waals surface area contributed by atoms with Crippen LogP contribution in [0.5, 0.6) is 0 Å². The topological polar surface area (TPSA) is 62.3 Å². The Hall–Kier alpha value is -2.43. The van der Waals surface area contributed by atoms with E-state index in [4.69, 9.17) is 0 Å². The van der Waals surface area contributed by atoms with Gasteiger partial charge in [0.25, 0.3) is 0 Å². The maximum absolute atomic E-state index is 12.0.